The Labute approximate surface area is 163 Å². The zero-order chi connectivity index (χ0) is 19.2. The summed E-state index contributed by atoms with van der Waals surface area (Å²) in [7, 11) is 2.02. The van der Waals surface area contributed by atoms with Gasteiger partial charge in [0.15, 0.2) is 0 Å². The monoisotopic (exact) mass is 394 g/mol. The molecule has 0 aliphatic carbocycles. The number of morpholine rings is 1. The maximum Gasteiger partial charge on any atom is 0.283 e. The van der Waals surface area contributed by atoms with Gasteiger partial charge in [0.2, 0.25) is 0 Å². The Hall–Kier alpha value is -1.68. The summed E-state index contributed by atoms with van der Waals surface area (Å²) in [4.78, 5) is 30.6. The number of hydrogen-bond donors (Lipinski definition) is 0. The molecule has 2 fully saturated rings. The molecule has 0 spiro atoms. The summed E-state index contributed by atoms with van der Waals surface area (Å²) in [6.45, 7) is 7.11. The van der Waals surface area contributed by atoms with Crippen molar-refractivity contribution in [3.05, 3.63) is 33.9 Å². The fourth-order valence-electron chi connectivity index (χ4n) is 3.22. The van der Waals surface area contributed by atoms with Crippen molar-refractivity contribution in [2.45, 2.75) is 4.90 Å². The molecule has 1 aromatic carbocycles. The molecule has 0 atom stereocenters. The van der Waals surface area contributed by atoms with Crippen LogP contribution >= 0.6 is 11.8 Å². The molecule has 0 N–H and O–H groups in total. The minimum Gasteiger partial charge on any atom is -0.379 e. The maximum absolute atomic E-state index is 12.7. The standard InChI is InChI=1S/C18H26N4O4S/c1-19-4-6-21(7-5-19)18(23)15-2-3-17(16(14-15)22(24)25)27-13-10-20-8-11-26-12-9-20/h2-3,14H,4-13H2,1H3. The van der Waals surface area contributed by atoms with Crippen molar-refractivity contribution < 1.29 is 14.5 Å². The Balaban J connectivity index is 1.63. The Bertz CT molecular complexity index is 673. The van der Waals surface area contributed by atoms with E-state index in [2.05, 4.69) is 9.80 Å². The normalized spacial score (nSPS) is 19.2. The lowest BCUT2D eigenvalue weighted by Gasteiger charge is -2.32. The van der Waals surface area contributed by atoms with Crippen LogP contribution in [0.1, 0.15) is 10.4 Å². The van der Waals surface area contributed by atoms with Crippen LogP contribution in [0.5, 0.6) is 0 Å². The van der Waals surface area contributed by atoms with Crippen molar-refractivity contribution in [3.8, 4) is 0 Å². The lowest BCUT2D eigenvalue weighted by atomic mass is 10.1. The highest BCUT2D eigenvalue weighted by Crippen LogP contribution is 2.30. The SMILES string of the molecule is CN1CCN(C(=O)c2ccc(SCCN3CCOCC3)c([N+](=O)[O-])c2)CC1. The van der Waals surface area contributed by atoms with Gasteiger partial charge < -0.3 is 14.5 Å². The Morgan fingerprint density at radius 3 is 2.56 bits per heavy atom. The first-order valence-corrected chi connectivity index (χ1v) is 10.2. The summed E-state index contributed by atoms with van der Waals surface area (Å²) in [5.74, 6) is 0.642. The van der Waals surface area contributed by atoms with Crippen LogP contribution in [0, 0.1) is 10.1 Å². The molecule has 2 aliphatic rings. The second kappa shape index (κ2) is 9.50. The van der Waals surface area contributed by atoms with Crippen LogP contribution in [0.15, 0.2) is 23.1 Å². The third kappa shape index (κ3) is 5.41. The van der Waals surface area contributed by atoms with Gasteiger partial charge in [-0.2, -0.15) is 0 Å². The molecular weight excluding hydrogens is 368 g/mol. The first kappa shape index (κ1) is 20.1. The average Bonchev–Trinajstić information content (AvgIpc) is 2.69. The van der Waals surface area contributed by atoms with Crippen LogP contribution in [-0.4, -0.2) is 97.4 Å². The number of thioether (sulfide) groups is 1. The molecular formula is C18H26N4O4S. The Morgan fingerprint density at radius 1 is 1.19 bits per heavy atom. The van der Waals surface area contributed by atoms with Crippen LogP contribution in [0.3, 0.4) is 0 Å². The van der Waals surface area contributed by atoms with E-state index >= 15 is 0 Å². The number of amides is 1. The number of rotatable bonds is 6. The highest BCUT2D eigenvalue weighted by Gasteiger charge is 2.24. The molecule has 9 heteroatoms. The van der Waals surface area contributed by atoms with E-state index in [9.17, 15) is 14.9 Å². The predicted molar refractivity (Wildman–Crippen MR) is 104 cm³/mol. The van der Waals surface area contributed by atoms with Gasteiger partial charge in [0, 0.05) is 63.2 Å². The van der Waals surface area contributed by atoms with Crippen molar-refractivity contribution in [2.24, 2.45) is 0 Å². The van der Waals surface area contributed by atoms with E-state index in [4.69, 9.17) is 4.74 Å². The number of hydrogen-bond acceptors (Lipinski definition) is 7. The smallest absolute Gasteiger partial charge is 0.283 e. The number of nitro benzene ring substituents is 1. The van der Waals surface area contributed by atoms with Gasteiger partial charge >= 0.3 is 0 Å². The number of likely N-dealkylation sites (N-methyl/N-ethyl adjacent to an activating group) is 1. The minimum absolute atomic E-state index is 0.0157. The number of piperazine rings is 1. The summed E-state index contributed by atoms with van der Waals surface area (Å²) in [6.07, 6.45) is 0. The Morgan fingerprint density at radius 2 is 1.89 bits per heavy atom. The van der Waals surface area contributed by atoms with E-state index in [1.165, 1.54) is 17.8 Å². The number of carbonyl (C=O) groups is 1. The van der Waals surface area contributed by atoms with E-state index in [-0.39, 0.29) is 11.6 Å². The number of nitro groups is 1. The zero-order valence-corrected chi connectivity index (χ0v) is 16.4. The second-order valence-corrected chi connectivity index (χ2v) is 7.97. The Kier molecular flexibility index (Phi) is 7.06. The quantitative estimate of drug-likeness (QED) is 0.410. The highest BCUT2D eigenvalue weighted by atomic mass is 32.2. The van der Waals surface area contributed by atoms with Gasteiger partial charge in [-0.25, -0.2) is 0 Å². The van der Waals surface area contributed by atoms with Crippen molar-refractivity contribution in [1.29, 1.82) is 0 Å². The summed E-state index contributed by atoms with van der Waals surface area (Å²) in [6, 6.07) is 4.86. The van der Waals surface area contributed by atoms with Gasteiger partial charge in [0.1, 0.15) is 0 Å². The van der Waals surface area contributed by atoms with E-state index in [1.54, 1.807) is 17.0 Å². The molecule has 0 aromatic heterocycles. The molecule has 8 nitrogen and oxygen atoms in total. The molecule has 2 saturated heterocycles. The molecule has 0 saturated carbocycles. The van der Waals surface area contributed by atoms with Gasteiger partial charge in [-0.3, -0.25) is 19.8 Å². The zero-order valence-electron chi connectivity index (χ0n) is 15.6. The van der Waals surface area contributed by atoms with E-state index in [1.807, 2.05) is 7.05 Å². The first-order chi connectivity index (χ1) is 13.0. The second-order valence-electron chi connectivity index (χ2n) is 6.84. The van der Waals surface area contributed by atoms with Crippen LogP contribution in [0.25, 0.3) is 0 Å². The van der Waals surface area contributed by atoms with Crippen molar-refractivity contribution in [1.82, 2.24) is 14.7 Å². The summed E-state index contributed by atoms with van der Waals surface area (Å²) < 4.78 is 5.33. The summed E-state index contributed by atoms with van der Waals surface area (Å²) in [5, 5.41) is 11.5. The third-order valence-corrected chi connectivity index (χ3v) is 6.00. The molecule has 0 unspecified atom stereocenters. The van der Waals surface area contributed by atoms with Gasteiger partial charge in [0.25, 0.3) is 11.6 Å². The fraction of sp³-hybridized carbons (Fsp3) is 0.611. The minimum atomic E-state index is -0.391. The molecule has 148 valence electrons. The third-order valence-electron chi connectivity index (χ3n) is 4.96. The van der Waals surface area contributed by atoms with Crippen LogP contribution in [0.2, 0.25) is 0 Å². The van der Waals surface area contributed by atoms with Gasteiger partial charge in [-0.15, -0.1) is 11.8 Å². The van der Waals surface area contributed by atoms with Crippen molar-refractivity contribution >= 4 is 23.4 Å². The van der Waals surface area contributed by atoms with Crippen LogP contribution in [-0.2, 0) is 4.74 Å². The van der Waals surface area contributed by atoms with Gasteiger partial charge in [0.05, 0.1) is 23.0 Å². The van der Waals surface area contributed by atoms with Crippen LogP contribution in [0.4, 0.5) is 5.69 Å². The first-order valence-electron chi connectivity index (χ1n) is 9.24. The number of nitrogens with zero attached hydrogens (tertiary/aromatic N) is 4. The van der Waals surface area contributed by atoms with E-state index in [0.29, 0.717) is 23.5 Å². The fourth-order valence-corrected chi connectivity index (χ4v) is 4.23. The largest absolute Gasteiger partial charge is 0.379 e. The molecule has 3 rings (SSSR count). The van der Waals surface area contributed by atoms with E-state index < -0.39 is 4.92 Å². The molecule has 2 heterocycles. The molecule has 2 aliphatic heterocycles. The van der Waals surface area contributed by atoms with Gasteiger partial charge in [-0.05, 0) is 19.2 Å². The number of ether oxygens (including phenoxy) is 1. The predicted octanol–water partition coefficient (Wildman–Crippen LogP) is 1.41. The van der Waals surface area contributed by atoms with Gasteiger partial charge in [-0.1, -0.05) is 0 Å². The highest BCUT2D eigenvalue weighted by molar-refractivity contribution is 7.99. The molecule has 1 aromatic rings. The maximum atomic E-state index is 12.7. The molecule has 27 heavy (non-hydrogen) atoms. The molecule has 1 amide bonds. The topological polar surface area (TPSA) is 79.2 Å². The lowest BCUT2D eigenvalue weighted by Crippen LogP contribution is -2.47. The van der Waals surface area contributed by atoms with E-state index in [0.717, 1.165) is 51.7 Å². The van der Waals surface area contributed by atoms with Crippen molar-refractivity contribution in [3.63, 3.8) is 0 Å². The lowest BCUT2D eigenvalue weighted by molar-refractivity contribution is -0.387. The molecule has 0 bridgehead atoms. The van der Waals surface area contributed by atoms with Crippen molar-refractivity contribution in [2.75, 3.05) is 71.8 Å². The van der Waals surface area contributed by atoms with Crippen LogP contribution < -0.4 is 0 Å². The molecule has 0 radical (unpaired) electrons. The average molecular weight is 394 g/mol. The number of benzene rings is 1. The summed E-state index contributed by atoms with van der Waals surface area (Å²) >= 11 is 1.47. The summed E-state index contributed by atoms with van der Waals surface area (Å²) in [5.41, 5.74) is 0.408. The number of carbonyl (C=O) groups excluding carboxylic acids is 1.